The molecular weight excluding hydrogens is 1790 g/mol. The minimum absolute atomic E-state index is 0.0819. The predicted octanol–water partition coefficient (Wildman–Crippen LogP) is -5.51. The zero-order valence-corrected chi connectivity index (χ0v) is 76.2. The molecule has 4 aromatic rings. The number of hydrogen-bond donors (Lipinski definition) is 25. The van der Waals surface area contributed by atoms with Crippen LogP contribution < -0.4 is 85.5 Å². The third kappa shape index (κ3) is 38.0. The number of carbonyl (C=O) groups excluding carboxylic acids is 17. The zero-order chi connectivity index (χ0) is 100. The van der Waals surface area contributed by atoms with Crippen molar-refractivity contribution in [2.75, 3.05) is 50.9 Å². The van der Waals surface area contributed by atoms with Gasteiger partial charge in [0.15, 0.2) is 0 Å². The van der Waals surface area contributed by atoms with Gasteiger partial charge in [-0.05, 0) is 118 Å². The standard InChI is InChI=1S/C88H121N17O29S/c1-8-46(4)72(84(130)98-60(37-52-23-27-54(111)28-24-52)78(124)94-58(34-45(2)3)77(123)96-62(38-70(117)118)76(122)92-47(5)16-14-15-31-89)103-83(129)65(42-107)100-79(125)59(36-51-21-25-53(110)26-22-51)95-80(126)63(39-71(119)120)97-82(128)64(41-106)101-86(132)74(49(7)109)104-81(127)61(35-50-17-10-9-11-18-50)99-85(131)73(48(6)108)102-66(112)40-91-75(121)57(29-30-69(115)116)93-68(114)44-135-43-67(113)90-32-33-105-87(133)55-19-12-13-20-56(55)88(105)134/h9-13,17-28,45-49,57-65,72-74,106-111H,8,14-16,29-44,89H2,1-7H3,(H,90,113)(H,91,121)(H,92,122)(H,93,114)(H,94,124)(H,95,126)(H,96,123)(H,97,128)(H,98,130)(H,99,131)(H,100,125)(H,101,132)(H,102,112)(H,103,129)(H,104,127)(H,115,116)(H,117,118)(H,119,120)/t46-,47+,48+,49+,57-,58-,59-,60-,61-,62-,63-,64-,65-,72-,73-,74-/m0/s1. The second-order valence-corrected chi connectivity index (χ2v) is 33.6. The van der Waals surface area contributed by atoms with E-state index in [2.05, 4.69) is 79.8 Å². The summed E-state index contributed by atoms with van der Waals surface area (Å²) in [6.07, 6.45) is -6.50. The van der Waals surface area contributed by atoms with Crippen LogP contribution in [0.2, 0.25) is 0 Å². The van der Waals surface area contributed by atoms with Crippen molar-refractivity contribution in [3.63, 3.8) is 0 Å². The molecule has 46 nitrogen and oxygen atoms in total. The fraction of sp³-hybridized carbons (Fsp3) is 0.500. The van der Waals surface area contributed by atoms with Gasteiger partial charge in [0.2, 0.25) is 88.6 Å². The van der Waals surface area contributed by atoms with Gasteiger partial charge in [-0.1, -0.05) is 107 Å². The number of carboxylic acid groups (broad SMARTS) is 3. The second-order valence-electron chi connectivity index (χ2n) is 32.6. The third-order valence-electron chi connectivity index (χ3n) is 21.1. The summed E-state index contributed by atoms with van der Waals surface area (Å²) in [6.45, 7) is 6.86. The molecule has 0 radical (unpaired) electrons. The molecule has 16 atom stereocenters. The van der Waals surface area contributed by atoms with Gasteiger partial charge in [0, 0.05) is 44.8 Å². The highest BCUT2D eigenvalue weighted by Crippen LogP contribution is 2.23. The zero-order valence-electron chi connectivity index (χ0n) is 75.4. The molecule has 0 saturated heterocycles. The molecule has 0 unspecified atom stereocenters. The maximum Gasteiger partial charge on any atom is 0.305 e. The van der Waals surface area contributed by atoms with E-state index in [9.17, 15) is 142 Å². The number of nitrogens with two attached hydrogens (primary N) is 1. The number of aliphatic hydroxyl groups excluding tert-OH is 4. The Bertz CT molecular complexity index is 4770. The van der Waals surface area contributed by atoms with Gasteiger partial charge in [0.1, 0.15) is 84.0 Å². The number of amides is 17. The van der Waals surface area contributed by atoms with Crippen LogP contribution in [0.3, 0.4) is 0 Å². The number of phenols is 2. The molecule has 1 aliphatic heterocycles. The lowest BCUT2D eigenvalue weighted by atomic mass is 9.96. The molecule has 738 valence electrons. The van der Waals surface area contributed by atoms with Crippen LogP contribution in [0.25, 0.3) is 0 Å². The maximum absolute atomic E-state index is 14.7. The molecule has 17 amide bonds. The first kappa shape index (κ1) is 112. The Morgan fingerprint density at radius 1 is 0.393 bits per heavy atom. The number of carbonyl (C=O) groups is 20. The second kappa shape index (κ2) is 56.3. The first-order valence-electron chi connectivity index (χ1n) is 43.4. The smallest absolute Gasteiger partial charge is 0.305 e. The largest absolute Gasteiger partial charge is 0.508 e. The number of hydrogen-bond acceptors (Lipinski definition) is 28. The Morgan fingerprint density at radius 2 is 0.785 bits per heavy atom. The molecule has 0 bridgehead atoms. The topological polar surface area (TPSA) is 733 Å². The number of fused-ring (bicyclic) bond motifs is 1. The van der Waals surface area contributed by atoms with Crippen molar-refractivity contribution in [2.45, 2.75) is 216 Å². The molecule has 0 aromatic heterocycles. The van der Waals surface area contributed by atoms with E-state index >= 15 is 0 Å². The minimum atomic E-state index is -2.23. The lowest BCUT2D eigenvalue weighted by Gasteiger charge is -2.30. The summed E-state index contributed by atoms with van der Waals surface area (Å²) >= 11 is 0.785. The Balaban J connectivity index is 1.28. The number of rotatable bonds is 59. The third-order valence-corrected chi connectivity index (χ3v) is 22.0. The number of carboxylic acids is 3. The van der Waals surface area contributed by atoms with Crippen LogP contribution in [0.1, 0.15) is 144 Å². The van der Waals surface area contributed by atoms with Gasteiger partial charge in [-0.2, -0.15) is 0 Å². The predicted molar refractivity (Wildman–Crippen MR) is 480 cm³/mol. The Kier molecular flexibility index (Phi) is 46.6. The summed E-state index contributed by atoms with van der Waals surface area (Å²) in [4.78, 5) is 272. The van der Waals surface area contributed by atoms with Gasteiger partial charge >= 0.3 is 17.9 Å². The van der Waals surface area contributed by atoms with Crippen molar-refractivity contribution in [1.82, 2.24) is 84.7 Å². The average Bonchev–Trinajstić information content (AvgIpc) is 1.64. The van der Waals surface area contributed by atoms with Crippen LogP contribution in [-0.4, -0.2) is 311 Å². The lowest BCUT2D eigenvalue weighted by molar-refractivity contribution is -0.142. The Labute approximate surface area is 780 Å². The van der Waals surface area contributed by atoms with Crippen LogP contribution in [0.15, 0.2) is 103 Å². The maximum atomic E-state index is 14.7. The van der Waals surface area contributed by atoms with Crippen LogP contribution in [0, 0.1) is 11.8 Å². The fourth-order valence-electron chi connectivity index (χ4n) is 13.6. The highest BCUT2D eigenvalue weighted by atomic mass is 32.2. The van der Waals surface area contributed by atoms with E-state index in [4.69, 9.17) is 5.73 Å². The summed E-state index contributed by atoms with van der Waals surface area (Å²) < 4.78 is 0. The summed E-state index contributed by atoms with van der Waals surface area (Å²) in [6, 6.07) is 1.73. The van der Waals surface area contributed by atoms with Crippen molar-refractivity contribution in [3.8, 4) is 11.5 Å². The number of nitrogens with zero attached hydrogens (tertiary/aromatic N) is 1. The van der Waals surface area contributed by atoms with Gasteiger partial charge in [-0.25, -0.2) is 0 Å². The summed E-state index contributed by atoms with van der Waals surface area (Å²) in [5.41, 5.74) is 6.90. The minimum Gasteiger partial charge on any atom is -0.508 e. The van der Waals surface area contributed by atoms with Crippen LogP contribution in [-0.2, 0) is 106 Å². The summed E-state index contributed by atoms with van der Waals surface area (Å²) in [5, 5.41) is 128. The van der Waals surface area contributed by atoms with Crippen molar-refractivity contribution in [3.05, 3.63) is 131 Å². The molecule has 135 heavy (non-hydrogen) atoms. The first-order valence-corrected chi connectivity index (χ1v) is 44.6. The number of aliphatic carboxylic acids is 3. The number of aliphatic hydroxyl groups is 4. The van der Waals surface area contributed by atoms with Crippen molar-refractivity contribution < 1.29 is 142 Å². The monoisotopic (exact) mass is 1910 g/mol. The SMILES string of the molecule is CC[C@H](C)[C@H](NC(=O)[C@H](CO)NC(=O)[C@H](Cc1ccc(O)cc1)NC(=O)[C@H](CC(=O)O)NC(=O)[C@H](CO)NC(=O)[C@@H](NC(=O)[C@H](Cc1ccccc1)NC(=O)[C@@H](NC(=O)CNC(=O)[C@H](CCC(=O)O)NC(=O)CSCC(=O)NCCN1C(=O)c2ccccc2C1=O)[C@@H](C)O)[C@@H](C)O)C(=O)N[C@@H](Cc1ccc(O)cc1)C(=O)N[C@@H](CC(C)C)C(=O)N[C@@H](CC(=O)O)C(=O)N[C@H](C)CCCCN. The van der Waals surface area contributed by atoms with Crippen molar-refractivity contribution in [1.29, 1.82) is 0 Å². The molecule has 47 heteroatoms. The molecule has 26 N–H and O–H groups in total. The highest BCUT2D eigenvalue weighted by Gasteiger charge is 2.41. The number of thioether (sulfide) groups is 1. The highest BCUT2D eigenvalue weighted by molar-refractivity contribution is 8.00. The van der Waals surface area contributed by atoms with E-state index < -0.39 is 279 Å². The quantitative estimate of drug-likeness (QED) is 0.0145. The van der Waals surface area contributed by atoms with E-state index in [-0.39, 0.29) is 72.2 Å². The van der Waals surface area contributed by atoms with Crippen LogP contribution in [0.4, 0.5) is 0 Å². The molecule has 0 fully saturated rings. The summed E-state index contributed by atoms with van der Waals surface area (Å²) in [7, 11) is 0. The van der Waals surface area contributed by atoms with Crippen molar-refractivity contribution in [2.24, 2.45) is 17.6 Å². The molecule has 4 aromatic carbocycles. The number of unbranched alkanes of at least 4 members (excludes halogenated alkanes) is 1. The van der Waals surface area contributed by atoms with Crippen molar-refractivity contribution >= 4 is 130 Å². The number of imide groups is 1. The van der Waals surface area contributed by atoms with Gasteiger partial charge in [-0.15, -0.1) is 11.8 Å². The van der Waals surface area contributed by atoms with E-state index in [0.29, 0.717) is 36.9 Å². The van der Waals surface area contributed by atoms with Gasteiger partial charge in [-0.3, -0.25) is 101 Å². The van der Waals surface area contributed by atoms with Gasteiger partial charge in [0.05, 0.1) is 67.4 Å². The molecule has 0 spiro atoms. The Hall–Kier alpha value is -13.8. The van der Waals surface area contributed by atoms with Gasteiger partial charge < -0.3 is 131 Å². The number of aromatic hydroxyl groups is 2. The molecule has 0 aliphatic carbocycles. The van der Waals surface area contributed by atoms with E-state index in [0.717, 1.165) is 30.5 Å². The molecule has 1 heterocycles. The first-order chi connectivity index (χ1) is 63.9. The van der Waals surface area contributed by atoms with Crippen LogP contribution in [0.5, 0.6) is 11.5 Å². The number of benzene rings is 4. The number of nitrogens with one attached hydrogen (secondary N) is 15. The van der Waals surface area contributed by atoms with E-state index in [1.165, 1.54) is 79.7 Å². The normalized spacial score (nSPS) is 15.1. The molecule has 0 saturated carbocycles. The summed E-state index contributed by atoms with van der Waals surface area (Å²) in [5.74, 6) is -25.0. The van der Waals surface area contributed by atoms with E-state index in [1.807, 2.05) is 0 Å². The fourth-order valence-corrected chi connectivity index (χ4v) is 14.2. The van der Waals surface area contributed by atoms with Crippen LogP contribution >= 0.6 is 11.8 Å². The van der Waals surface area contributed by atoms with Gasteiger partial charge in [0.25, 0.3) is 11.8 Å². The number of phenolic OH excluding ortho intramolecular Hbond substituents is 2. The Morgan fingerprint density at radius 3 is 1.25 bits per heavy atom. The average molecular weight is 1910 g/mol. The molecular formula is C88H121N17O29S. The van der Waals surface area contributed by atoms with E-state index in [1.54, 1.807) is 58.0 Å². The lowest BCUT2D eigenvalue weighted by Crippen LogP contribution is -2.63. The molecule has 5 rings (SSSR count). The molecule has 1 aliphatic rings.